The van der Waals surface area contributed by atoms with Crippen LogP contribution < -0.4 is 10.6 Å². The lowest BCUT2D eigenvalue weighted by Gasteiger charge is -2.22. The first kappa shape index (κ1) is 23.7. The van der Waals surface area contributed by atoms with E-state index in [1.807, 2.05) is 20.8 Å². The van der Waals surface area contributed by atoms with Crippen LogP contribution in [0.4, 0.5) is 0 Å². The number of nitrogens with zero attached hydrogens (tertiary/aromatic N) is 1. The van der Waals surface area contributed by atoms with Crippen molar-refractivity contribution in [2.24, 2.45) is 4.99 Å². The number of nitrogens with one attached hydrogen (secondary N) is 2. The average molecular weight is 490 g/mol. The van der Waals surface area contributed by atoms with Gasteiger partial charge < -0.3 is 20.5 Å². The zero-order chi connectivity index (χ0) is 17.5. The summed E-state index contributed by atoms with van der Waals surface area (Å²) in [6.07, 6.45) is -0.745. The number of aliphatic imine (C=N–C) groups is 1. The van der Waals surface area contributed by atoms with Gasteiger partial charge in [-0.3, -0.25) is 4.99 Å². The number of rotatable bonds is 7. The monoisotopic (exact) mass is 489 g/mol. The molecule has 138 valence electrons. The van der Waals surface area contributed by atoms with Crippen LogP contribution in [0.25, 0.3) is 0 Å². The number of ether oxygens (including phenoxy) is 1. The van der Waals surface area contributed by atoms with E-state index in [0.29, 0.717) is 28.1 Å². The Bertz CT molecular complexity index is 522. The molecule has 1 unspecified atom stereocenters. The molecule has 0 aliphatic carbocycles. The highest BCUT2D eigenvalue weighted by molar-refractivity contribution is 14.0. The Morgan fingerprint density at radius 2 is 1.83 bits per heavy atom. The second-order valence-electron chi connectivity index (χ2n) is 5.76. The van der Waals surface area contributed by atoms with Crippen molar-refractivity contribution in [2.45, 2.75) is 32.5 Å². The fraction of sp³-hybridized carbons (Fsp3) is 0.562. The first-order valence-corrected chi connectivity index (χ1v) is 8.24. The van der Waals surface area contributed by atoms with Gasteiger partial charge in [0.15, 0.2) is 5.96 Å². The van der Waals surface area contributed by atoms with Gasteiger partial charge in [-0.2, -0.15) is 0 Å². The van der Waals surface area contributed by atoms with Gasteiger partial charge in [0.2, 0.25) is 0 Å². The number of aliphatic hydroxyl groups is 1. The van der Waals surface area contributed by atoms with Crippen LogP contribution in [0.15, 0.2) is 23.2 Å². The molecule has 0 saturated heterocycles. The molecule has 3 N–H and O–H groups in total. The highest BCUT2D eigenvalue weighted by atomic mass is 127. The van der Waals surface area contributed by atoms with Crippen LogP contribution in [0.2, 0.25) is 10.0 Å². The molecule has 8 heteroatoms. The van der Waals surface area contributed by atoms with Crippen molar-refractivity contribution in [1.29, 1.82) is 0 Å². The molecule has 0 fully saturated rings. The van der Waals surface area contributed by atoms with E-state index in [9.17, 15) is 5.11 Å². The van der Waals surface area contributed by atoms with Crippen molar-refractivity contribution < 1.29 is 9.84 Å². The normalized spacial score (nSPS) is 13.2. The predicted octanol–water partition coefficient (Wildman–Crippen LogP) is 3.62. The summed E-state index contributed by atoms with van der Waals surface area (Å²) in [6.45, 7) is 7.41. The molecule has 0 radical (unpaired) electrons. The standard InChI is InChI=1S/C16H25Cl2N3O2.HI/c1-5-19-15(21-10-16(2,3)23-4)20-9-14(22)11-6-12(17)8-13(18)7-11;/h6-8,14,22H,5,9-10H2,1-4H3,(H2,19,20,21);1H. The van der Waals surface area contributed by atoms with Gasteiger partial charge >= 0.3 is 0 Å². The summed E-state index contributed by atoms with van der Waals surface area (Å²) >= 11 is 11.9. The van der Waals surface area contributed by atoms with Crippen LogP contribution in [0.1, 0.15) is 32.4 Å². The number of aliphatic hydroxyl groups excluding tert-OH is 1. The summed E-state index contributed by atoms with van der Waals surface area (Å²) in [7, 11) is 1.66. The molecular weight excluding hydrogens is 464 g/mol. The zero-order valence-corrected chi connectivity index (χ0v) is 18.2. The highest BCUT2D eigenvalue weighted by Gasteiger charge is 2.16. The maximum absolute atomic E-state index is 10.3. The van der Waals surface area contributed by atoms with Crippen molar-refractivity contribution in [2.75, 3.05) is 26.7 Å². The van der Waals surface area contributed by atoms with E-state index in [1.165, 1.54) is 0 Å². The molecule has 0 aliphatic rings. The van der Waals surface area contributed by atoms with E-state index < -0.39 is 6.10 Å². The van der Waals surface area contributed by atoms with Gasteiger partial charge in [-0.25, -0.2) is 0 Å². The minimum absolute atomic E-state index is 0. The Morgan fingerprint density at radius 3 is 2.33 bits per heavy atom. The molecule has 0 aliphatic heterocycles. The Labute approximate surface area is 171 Å². The molecule has 0 amide bonds. The molecule has 0 bridgehead atoms. The van der Waals surface area contributed by atoms with E-state index in [2.05, 4.69) is 15.6 Å². The molecule has 0 heterocycles. The Morgan fingerprint density at radius 1 is 1.25 bits per heavy atom. The number of benzene rings is 1. The molecule has 0 spiro atoms. The largest absolute Gasteiger partial charge is 0.387 e. The maximum atomic E-state index is 10.3. The summed E-state index contributed by atoms with van der Waals surface area (Å²) in [5.74, 6) is 0.616. The number of hydrogen-bond acceptors (Lipinski definition) is 3. The van der Waals surface area contributed by atoms with Gasteiger partial charge in [0.05, 0.1) is 18.2 Å². The van der Waals surface area contributed by atoms with Crippen LogP contribution in [0.5, 0.6) is 0 Å². The van der Waals surface area contributed by atoms with Gasteiger partial charge in [0.25, 0.3) is 0 Å². The van der Waals surface area contributed by atoms with Crippen LogP contribution in [-0.4, -0.2) is 43.4 Å². The number of hydrogen-bond donors (Lipinski definition) is 3. The lowest BCUT2D eigenvalue weighted by Crippen LogP contribution is -2.40. The fourth-order valence-electron chi connectivity index (χ4n) is 1.75. The summed E-state index contributed by atoms with van der Waals surface area (Å²) < 4.78 is 5.35. The molecule has 0 saturated carbocycles. The third-order valence-corrected chi connectivity index (χ3v) is 3.68. The lowest BCUT2D eigenvalue weighted by atomic mass is 10.1. The number of methoxy groups -OCH3 is 1. The number of halogens is 3. The number of guanidine groups is 1. The van der Waals surface area contributed by atoms with Crippen molar-refractivity contribution >= 4 is 53.1 Å². The van der Waals surface area contributed by atoms with E-state index >= 15 is 0 Å². The topological polar surface area (TPSA) is 65.9 Å². The minimum atomic E-state index is -0.745. The van der Waals surface area contributed by atoms with E-state index in [0.717, 1.165) is 6.54 Å². The Balaban J connectivity index is 0.00000529. The zero-order valence-electron chi connectivity index (χ0n) is 14.4. The third-order valence-electron chi connectivity index (χ3n) is 3.25. The molecule has 1 aromatic rings. The second-order valence-corrected chi connectivity index (χ2v) is 6.63. The van der Waals surface area contributed by atoms with E-state index in [-0.39, 0.29) is 36.1 Å². The highest BCUT2D eigenvalue weighted by Crippen LogP contribution is 2.23. The van der Waals surface area contributed by atoms with Gasteiger partial charge in [0.1, 0.15) is 0 Å². The second kappa shape index (κ2) is 11.4. The predicted molar refractivity (Wildman–Crippen MR) is 112 cm³/mol. The molecule has 1 aromatic carbocycles. The van der Waals surface area contributed by atoms with Crippen LogP contribution in [0.3, 0.4) is 0 Å². The first-order valence-electron chi connectivity index (χ1n) is 7.49. The maximum Gasteiger partial charge on any atom is 0.191 e. The quantitative estimate of drug-likeness (QED) is 0.311. The molecular formula is C16H26Cl2IN3O2. The fourth-order valence-corrected chi connectivity index (χ4v) is 2.30. The summed E-state index contributed by atoms with van der Waals surface area (Å²) in [5.41, 5.74) is 0.310. The van der Waals surface area contributed by atoms with Gasteiger partial charge in [-0.1, -0.05) is 23.2 Å². The lowest BCUT2D eigenvalue weighted by molar-refractivity contribution is 0.0310. The average Bonchev–Trinajstić information content (AvgIpc) is 2.48. The smallest absolute Gasteiger partial charge is 0.191 e. The molecule has 1 atom stereocenters. The van der Waals surface area contributed by atoms with Crippen LogP contribution >= 0.6 is 47.2 Å². The molecule has 24 heavy (non-hydrogen) atoms. The first-order chi connectivity index (χ1) is 10.8. The summed E-state index contributed by atoms with van der Waals surface area (Å²) in [6, 6.07) is 5.01. The molecule has 5 nitrogen and oxygen atoms in total. The molecule has 1 rings (SSSR count). The van der Waals surface area contributed by atoms with Crippen molar-refractivity contribution in [3.05, 3.63) is 33.8 Å². The minimum Gasteiger partial charge on any atom is -0.387 e. The van der Waals surface area contributed by atoms with Crippen LogP contribution in [0, 0.1) is 0 Å². The van der Waals surface area contributed by atoms with E-state index in [1.54, 1.807) is 25.3 Å². The van der Waals surface area contributed by atoms with Gasteiger partial charge in [0, 0.05) is 30.2 Å². The molecule has 0 aromatic heterocycles. The Kier molecular flexibility index (Phi) is 11.2. The van der Waals surface area contributed by atoms with Gasteiger partial charge in [-0.15, -0.1) is 24.0 Å². The van der Waals surface area contributed by atoms with Crippen molar-refractivity contribution in [1.82, 2.24) is 10.6 Å². The van der Waals surface area contributed by atoms with Crippen molar-refractivity contribution in [3.63, 3.8) is 0 Å². The van der Waals surface area contributed by atoms with E-state index in [4.69, 9.17) is 27.9 Å². The Hall–Kier alpha value is -0.280. The van der Waals surface area contributed by atoms with Crippen molar-refractivity contribution in [3.8, 4) is 0 Å². The summed E-state index contributed by atoms with van der Waals surface area (Å²) in [5, 5.41) is 17.5. The van der Waals surface area contributed by atoms with Gasteiger partial charge in [-0.05, 0) is 44.5 Å². The van der Waals surface area contributed by atoms with Crippen LogP contribution in [-0.2, 0) is 4.74 Å². The third kappa shape index (κ3) is 8.71. The summed E-state index contributed by atoms with van der Waals surface area (Å²) in [4.78, 5) is 4.46. The SMILES string of the molecule is CCNC(=NCC(C)(C)OC)NCC(O)c1cc(Cl)cc(Cl)c1.I.